The van der Waals surface area contributed by atoms with Gasteiger partial charge in [0.15, 0.2) is 0 Å². The molecule has 0 radical (unpaired) electrons. The zero-order valence-electron chi connectivity index (χ0n) is 13.5. The highest BCUT2D eigenvalue weighted by molar-refractivity contribution is 14.1. The van der Waals surface area contributed by atoms with Gasteiger partial charge in [0.2, 0.25) is 11.8 Å². The molecule has 1 saturated heterocycles. The van der Waals surface area contributed by atoms with Crippen molar-refractivity contribution in [1.82, 2.24) is 0 Å². The van der Waals surface area contributed by atoms with Crippen molar-refractivity contribution in [3.63, 3.8) is 0 Å². The lowest BCUT2D eigenvalue weighted by Crippen LogP contribution is -2.28. The van der Waals surface area contributed by atoms with Crippen molar-refractivity contribution in [2.45, 2.75) is 19.8 Å². The fraction of sp³-hybridized carbons (Fsp3) is 0.263. The maximum absolute atomic E-state index is 12.5. The smallest absolute Gasteiger partial charge is 0.229 e. The maximum Gasteiger partial charge on any atom is 0.229 e. The zero-order chi connectivity index (χ0) is 17.1. The quantitative estimate of drug-likeness (QED) is 0.744. The number of hydrogen-bond donors (Lipinski definition) is 1. The summed E-state index contributed by atoms with van der Waals surface area (Å²) < 4.78 is 0.986. The third-order valence-electron chi connectivity index (χ3n) is 4.26. The molecular weight excluding hydrogens is 415 g/mol. The van der Waals surface area contributed by atoms with Gasteiger partial charge in [-0.3, -0.25) is 9.59 Å². The van der Waals surface area contributed by atoms with Crippen LogP contribution in [0, 0.1) is 9.49 Å². The van der Waals surface area contributed by atoms with E-state index < -0.39 is 0 Å². The molecule has 5 heteroatoms. The van der Waals surface area contributed by atoms with E-state index in [0.717, 1.165) is 21.4 Å². The van der Waals surface area contributed by atoms with Crippen LogP contribution in [0.3, 0.4) is 0 Å². The minimum absolute atomic E-state index is 0.00571. The average molecular weight is 434 g/mol. The van der Waals surface area contributed by atoms with E-state index in [0.29, 0.717) is 6.54 Å². The lowest BCUT2D eigenvalue weighted by atomic mass is 10.1. The number of carbonyl (C=O) groups is 2. The molecule has 1 heterocycles. The summed E-state index contributed by atoms with van der Waals surface area (Å²) in [5.74, 6) is -0.411. The molecule has 1 aliphatic heterocycles. The summed E-state index contributed by atoms with van der Waals surface area (Å²) in [7, 11) is 0. The second kappa shape index (κ2) is 7.34. The third kappa shape index (κ3) is 3.61. The molecule has 0 spiro atoms. The van der Waals surface area contributed by atoms with Crippen LogP contribution in [-0.2, 0) is 16.0 Å². The summed E-state index contributed by atoms with van der Waals surface area (Å²) in [6.07, 6.45) is 1.18. The van der Waals surface area contributed by atoms with Crippen LogP contribution in [0.2, 0.25) is 0 Å². The molecule has 3 rings (SSSR count). The number of hydrogen-bond acceptors (Lipinski definition) is 2. The van der Waals surface area contributed by atoms with Crippen LogP contribution in [-0.4, -0.2) is 18.4 Å². The number of aryl methyl sites for hydroxylation is 1. The molecule has 4 nitrogen and oxygen atoms in total. The Hall–Kier alpha value is -1.89. The van der Waals surface area contributed by atoms with Gasteiger partial charge in [-0.2, -0.15) is 0 Å². The molecule has 0 bridgehead atoms. The first-order valence-electron chi connectivity index (χ1n) is 8.03. The van der Waals surface area contributed by atoms with Gasteiger partial charge in [-0.1, -0.05) is 31.2 Å². The highest BCUT2D eigenvalue weighted by Gasteiger charge is 2.35. The first kappa shape index (κ1) is 17.0. The Labute approximate surface area is 155 Å². The summed E-state index contributed by atoms with van der Waals surface area (Å²) in [5, 5.41) is 2.94. The van der Waals surface area contributed by atoms with E-state index in [9.17, 15) is 9.59 Å². The molecular formula is C19H19IN2O2. The zero-order valence-corrected chi connectivity index (χ0v) is 15.6. The molecule has 2 aromatic rings. The van der Waals surface area contributed by atoms with Gasteiger partial charge in [0.1, 0.15) is 0 Å². The van der Waals surface area contributed by atoms with Gasteiger partial charge in [0.25, 0.3) is 0 Å². The van der Waals surface area contributed by atoms with E-state index in [1.807, 2.05) is 48.5 Å². The van der Waals surface area contributed by atoms with Crippen molar-refractivity contribution < 1.29 is 9.59 Å². The van der Waals surface area contributed by atoms with Crippen LogP contribution in [0.15, 0.2) is 48.5 Å². The molecule has 1 fully saturated rings. The minimum atomic E-state index is -0.321. The van der Waals surface area contributed by atoms with E-state index in [-0.39, 0.29) is 24.2 Å². The summed E-state index contributed by atoms with van der Waals surface area (Å²) in [6.45, 7) is 2.52. The molecule has 0 aliphatic carbocycles. The normalized spacial score (nSPS) is 17.2. The van der Waals surface area contributed by atoms with E-state index in [2.05, 4.69) is 34.8 Å². The Morgan fingerprint density at radius 2 is 2.04 bits per heavy atom. The molecule has 24 heavy (non-hydrogen) atoms. The fourth-order valence-corrected chi connectivity index (χ4v) is 3.40. The molecule has 1 N–H and O–H groups in total. The number of amides is 2. The average Bonchev–Trinajstić information content (AvgIpc) is 2.99. The Balaban J connectivity index is 1.72. The number of para-hydroxylation sites is 1. The molecule has 2 amide bonds. The van der Waals surface area contributed by atoms with Crippen LogP contribution < -0.4 is 10.2 Å². The van der Waals surface area contributed by atoms with Gasteiger partial charge >= 0.3 is 0 Å². The van der Waals surface area contributed by atoms with Crippen LogP contribution in [0.5, 0.6) is 0 Å². The molecule has 1 unspecified atom stereocenters. The van der Waals surface area contributed by atoms with Crippen molar-refractivity contribution in [2.24, 2.45) is 5.92 Å². The Morgan fingerprint density at radius 1 is 1.25 bits per heavy atom. The maximum atomic E-state index is 12.5. The van der Waals surface area contributed by atoms with Gasteiger partial charge in [-0.15, -0.1) is 0 Å². The van der Waals surface area contributed by atoms with Gasteiger partial charge < -0.3 is 10.2 Å². The number of carbonyl (C=O) groups excluding carboxylic acids is 2. The first-order chi connectivity index (χ1) is 11.6. The van der Waals surface area contributed by atoms with Crippen molar-refractivity contribution in [3.8, 4) is 0 Å². The monoisotopic (exact) mass is 434 g/mol. The third-order valence-corrected chi connectivity index (χ3v) is 5.20. The highest BCUT2D eigenvalue weighted by Crippen LogP contribution is 2.27. The summed E-state index contributed by atoms with van der Waals surface area (Å²) in [6, 6.07) is 15.6. The number of anilines is 2. The van der Waals surface area contributed by atoms with Crippen LogP contribution >= 0.6 is 22.6 Å². The Bertz CT molecular complexity index is 775. The number of halogens is 1. The van der Waals surface area contributed by atoms with Gasteiger partial charge in [0.05, 0.1) is 11.6 Å². The summed E-state index contributed by atoms with van der Waals surface area (Å²) in [4.78, 5) is 26.6. The summed E-state index contributed by atoms with van der Waals surface area (Å²) >= 11 is 2.19. The van der Waals surface area contributed by atoms with Crippen molar-refractivity contribution in [2.75, 3.05) is 16.8 Å². The number of nitrogens with one attached hydrogen (secondary N) is 1. The lowest BCUT2D eigenvalue weighted by molar-refractivity contribution is -0.122. The number of benzene rings is 2. The molecule has 1 aliphatic rings. The molecule has 0 aromatic heterocycles. The van der Waals surface area contributed by atoms with Gasteiger partial charge in [-0.05, 0) is 58.8 Å². The standard InChI is InChI=1S/C19H19IN2O2/c1-2-13-6-5-7-15(10-13)22-12-14(11-18(22)23)19(24)21-17-9-4-3-8-16(17)20/h3-10,14H,2,11-12H2,1H3,(H,21,24). The largest absolute Gasteiger partial charge is 0.325 e. The summed E-state index contributed by atoms with van der Waals surface area (Å²) in [5.41, 5.74) is 2.86. The lowest BCUT2D eigenvalue weighted by Gasteiger charge is -2.17. The molecule has 2 aromatic carbocycles. The van der Waals surface area contributed by atoms with E-state index >= 15 is 0 Å². The topological polar surface area (TPSA) is 49.4 Å². The second-order valence-corrected chi connectivity index (χ2v) is 7.06. The van der Waals surface area contributed by atoms with Crippen LogP contribution in [0.25, 0.3) is 0 Å². The first-order valence-corrected chi connectivity index (χ1v) is 9.11. The molecule has 124 valence electrons. The number of rotatable bonds is 4. The van der Waals surface area contributed by atoms with Gasteiger partial charge in [-0.25, -0.2) is 0 Å². The SMILES string of the molecule is CCc1cccc(N2CC(C(=O)Nc3ccccc3I)CC2=O)c1. The van der Waals surface area contributed by atoms with E-state index in [1.165, 1.54) is 5.56 Å². The van der Waals surface area contributed by atoms with E-state index in [4.69, 9.17) is 0 Å². The predicted molar refractivity (Wildman–Crippen MR) is 104 cm³/mol. The highest BCUT2D eigenvalue weighted by atomic mass is 127. The Morgan fingerprint density at radius 3 is 2.79 bits per heavy atom. The minimum Gasteiger partial charge on any atom is -0.325 e. The van der Waals surface area contributed by atoms with Gasteiger partial charge in [0, 0.05) is 22.2 Å². The Kier molecular flexibility index (Phi) is 5.18. The second-order valence-electron chi connectivity index (χ2n) is 5.90. The predicted octanol–water partition coefficient (Wildman–Crippen LogP) is 3.85. The van der Waals surface area contributed by atoms with Crippen LogP contribution in [0.4, 0.5) is 11.4 Å². The molecule has 1 atom stereocenters. The fourth-order valence-electron chi connectivity index (χ4n) is 2.87. The molecule has 0 saturated carbocycles. The van der Waals surface area contributed by atoms with Crippen molar-refractivity contribution in [1.29, 1.82) is 0 Å². The van der Waals surface area contributed by atoms with Crippen molar-refractivity contribution in [3.05, 3.63) is 57.7 Å². The van der Waals surface area contributed by atoms with Crippen molar-refractivity contribution >= 4 is 45.8 Å². The number of nitrogens with zero attached hydrogens (tertiary/aromatic N) is 1. The van der Waals surface area contributed by atoms with E-state index in [1.54, 1.807) is 4.90 Å². The van der Waals surface area contributed by atoms with Crippen LogP contribution in [0.1, 0.15) is 18.9 Å².